The molecule has 238 valence electrons. The van der Waals surface area contributed by atoms with Crippen molar-refractivity contribution < 1.29 is 48.0 Å². The number of aliphatic hydroxyl groups excluding tert-OH is 1. The normalized spacial score (nSPS) is 21.5. The van der Waals surface area contributed by atoms with Gasteiger partial charge < -0.3 is 34.5 Å². The summed E-state index contributed by atoms with van der Waals surface area (Å²) >= 11 is 0. The van der Waals surface area contributed by atoms with E-state index in [1.807, 2.05) is 6.07 Å². The summed E-state index contributed by atoms with van der Waals surface area (Å²) in [5.74, 6) is -2.48. The summed E-state index contributed by atoms with van der Waals surface area (Å²) < 4.78 is 27.6. The van der Waals surface area contributed by atoms with Crippen LogP contribution in [0, 0.1) is 17.2 Å². The fourth-order valence-corrected chi connectivity index (χ4v) is 4.52. The highest BCUT2D eigenvalue weighted by molar-refractivity contribution is 5.88. The van der Waals surface area contributed by atoms with Gasteiger partial charge in [-0.25, -0.2) is 14.3 Å². The summed E-state index contributed by atoms with van der Waals surface area (Å²) in [6.07, 6.45) is -4.57. The second kappa shape index (κ2) is 14.1. The highest BCUT2D eigenvalue weighted by Gasteiger charge is 2.60. The maximum absolute atomic E-state index is 12.9. The number of aliphatic hydroxyl groups is 1. The van der Waals surface area contributed by atoms with Crippen LogP contribution in [0.25, 0.3) is 5.52 Å². The molecule has 5 atom stereocenters. The molecule has 1 saturated heterocycles. The molecule has 0 bridgehead atoms. The van der Waals surface area contributed by atoms with E-state index in [9.17, 15) is 29.5 Å². The Morgan fingerprint density at radius 3 is 2.56 bits per heavy atom. The first-order chi connectivity index (χ1) is 21.5. The van der Waals surface area contributed by atoms with Crippen molar-refractivity contribution in [1.82, 2.24) is 14.6 Å². The van der Waals surface area contributed by atoms with Gasteiger partial charge in [-0.3, -0.25) is 19.7 Å². The Bertz CT molecular complexity index is 1590. The first-order valence-corrected chi connectivity index (χ1v) is 13.8. The molecule has 45 heavy (non-hydrogen) atoms. The number of carbonyl (C=O) groups is 4. The molecule has 0 saturated carbocycles. The number of ether oxygens (including phenoxy) is 5. The highest BCUT2D eigenvalue weighted by Crippen LogP contribution is 2.42. The van der Waals surface area contributed by atoms with E-state index in [2.05, 4.69) is 20.1 Å². The van der Waals surface area contributed by atoms with Crippen LogP contribution in [-0.4, -0.2) is 81.5 Å². The smallest absolute Gasteiger partial charge is 0.415 e. The molecule has 16 heteroatoms. The van der Waals surface area contributed by atoms with E-state index in [0.717, 1.165) is 13.3 Å². The molecule has 1 aliphatic heterocycles. The van der Waals surface area contributed by atoms with Gasteiger partial charge in [-0.15, -0.1) is 0 Å². The third-order valence-electron chi connectivity index (χ3n) is 6.95. The summed E-state index contributed by atoms with van der Waals surface area (Å²) in [5, 5.41) is 28.5. The van der Waals surface area contributed by atoms with E-state index in [0.29, 0.717) is 5.56 Å². The zero-order valence-corrected chi connectivity index (χ0v) is 24.6. The number of hydrogen-bond acceptors (Lipinski definition) is 14. The van der Waals surface area contributed by atoms with Gasteiger partial charge in [0.25, 0.3) is 0 Å². The third kappa shape index (κ3) is 7.34. The van der Waals surface area contributed by atoms with Gasteiger partial charge in [-0.05, 0) is 23.6 Å². The number of aromatic nitrogens is 3. The monoisotopic (exact) mass is 624 g/mol. The minimum absolute atomic E-state index is 0.0152. The van der Waals surface area contributed by atoms with E-state index in [1.165, 1.54) is 16.6 Å². The third-order valence-corrected chi connectivity index (χ3v) is 6.95. The van der Waals surface area contributed by atoms with Gasteiger partial charge in [0, 0.05) is 6.92 Å². The van der Waals surface area contributed by atoms with Crippen LogP contribution >= 0.6 is 0 Å². The van der Waals surface area contributed by atoms with Crippen molar-refractivity contribution in [2.45, 2.75) is 57.1 Å². The van der Waals surface area contributed by atoms with E-state index >= 15 is 0 Å². The molecule has 4 rings (SSSR count). The molecule has 4 N–H and O–H groups in total. The maximum Gasteiger partial charge on any atom is 0.415 e. The molecule has 16 nitrogen and oxygen atoms in total. The van der Waals surface area contributed by atoms with Crippen molar-refractivity contribution in [3.8, 4) is 6.07 Å². The fraction of sp³-hybridized carbons (Fsp3) is 0.414. The number of hydrogen-bond donors (Lipinski definition) is 3. The van der Waals surface area contributed by atoms with Gasteiger partial charge in [0.1, 0.15) is 42.8 Å². The number of nitrogens with one attached hydrogen (secondary N) is 1. The average Bonchev–Trinajstić information content (AvgIpc) is 3.56. The zero-order chi connectivity index (χ0) is 32.7. The van der Waals surface area contributed by atoms with Crippen LogP contribution in [0.1, 0.15) is 32.0 Å². The number of nitrogens with zero attached hydrogens (tertiary/aromatic N) is 4. The van der Waals surface area contributed by atoms with Crippen LogP contribution in [-0.2, 0) is 50.1 Å². The molecule has 0 radical (unpaired) electrons. The van der Waals surface area contributed by atoms with Crippen molar-refractivity contribution in [3.63, 3.8) is 0 Å². The lowest BCUT2D eigenvalue weighted by Crippen LogP contribution is -2.46. The zero-order valence-electron chi connectivity index (χ0n) is 24.6. The summed E-state index contributed by atoms with van der Waals surface area (Å²) in [5.41, 5.74) is 4.62. The van der Waals surface area contributed by atoms with Crippen LogP contribution in [0.4, 0.5) is 10.6 Å². The van der Waals surface area contributed by atoms with Crippen molar-refractivity contribution in [2.75, 3.05) is 18.7 Å². The molecule has 3 aromatic rings. The maximum atomic E-state index is 12.9. The summed E-state index contributed by atoms with van der Waals surface area (Å²) in [6.45, 7) is 3.45. The Labute approximate surface area is 257 Å². The number of nitriles is 1. The largest absolute Gasteiger partial charge is 0.463 e. The lowest BCUT2D eigenvalue weighted by Gasteiger charge is -2.25. The lowest BCUT2D eigenvalue weighted by atomic mass is 9.92. The number of rotatable bonds is 11. The quantitative estimate of drug-likeness (QED) is 0.153. The van der Waals surface area contributed by atoms with Gasteiger partial charge in [-0.1, -0.05) is 44.2 Å². The molecular weight excluding hydrogens is 592 g/mol. The van der Waals surface area contributed by atoms with Crippen LogP contribution in [0.3, 0.4) is 0 Å². The SMILES string of the molecule is CC(=O)OCOC(=O)Nc1ncnn2c([C@]3(C#N)O[C@H](COC(=O)Cc4ccccc4)[C@@H](OC(=O)C(N)C(C)C)[C@H]3O)ccc12. The number of esters is 3. The minimum atomic E-state index is -2.20. The van der Waals surface area contributed by atoms with Crippen LogP contribution in [0.2, 0.25) is 0 Å². The molecule has 1 fully saturated rings. The first kappa shape index (κ1) is 32.8. The van der Waals surface area contributed by atoms with Crippen LogP contribution < -0.4 is 11.1 Å². The van der Waals surface area contributed by atoms with Gasteiger partial charge in [0.15, 0.2) is 11.9 Å². The number of benzene rings is 1. The number of amides is 1. The van der Waals surface area contributed by atoms with E-state index in [-0.39, 0.29) is 29.4 Å². The van der Waals surface area contributed by atoms with Crippen molar-refractivity contribution >= 4 is 35.3 Å². The molecule has 0 spiro atoms. The fourth-order valence-electron chi connectivity index (χ4n) is 4.52. The molecule has 1 unspecified atom stereocenters. The van der Waals surface area contributed by atoms with Crippen LogP contribution in [0.15, 0.2) is 48.8 Å². The predicted octanol–water partition coefficient (Wildman–Crippen LogP) is 0.958. The Morgan fingerprint density at radius 2 is 1.89 bits per heavy atom. The van der Waals surface area contributed by atoms with Crippen molar-refractivity contribution in [3.05, 3.63) is 60.0 Å². The van der Waals surface area contributed by atoms with Gasteiger partial charge in [-0.2, -0.15) is 10.4 Å². The topological polar surface area (TPSA) is 227 Å². The van der Waals surface area contributed by atoms with E-state index in [1.54, 1.807) is 44.2 Å². The molecular formula is C29H32N6O10. The summed E-state index contributed by atoms with van der Waals surface area (Å²) in [7, 11) is 0. The molecule has 2 aromatic heterocycles. The first-order valence-electron chi connectivity index (χ1n) is 13.8. The average molecular weight is 625 g/mol. The Hall–Kier alpha value is -5.11. The molecule has 3 heterocycles. The molecule has 1 aliphatic rings. The standard InChI is InChI=1S/C29H32N6O10/c1-16(2)23(31)27(39)44-24-20(12-41-22(37)11-18-7-5-4-6-8-18)45-29(13-30,25(24)38)21-10-9-19-26(32-14-33-35(19)21)34-28(40)43-15-42-17(3)36/h4-10,14,16,20,23-25,38H,11-12,15,31H2,1-3H3,(H,32,33,34,40)/t20-,23?,24-,25-,29+/m1/s1. The molecule has 1 amide bonds. The summed E-state index contributed by atoms with van der Waals surface area (Å²) in [4.78, 5) is 52.6. The Kier molecular flexibility index (Phi) is 10.3. The molecule has 1 aromatic carbocycles. The number of nitrogens with two attached hydrogens (primary N) is 1. The Balaban J connectivity index is 1.62. The lowest BCUT2D eigenvalue weighted by molar-refractivity contribution is -0.162. The van der Waals surface area contributed by atoms with Crippen molar-refractivity contribution in [2.24, 2.45) is 11.7 Å². The minimum Gasteiger partial charge on any atom is -0.463 e. The van der Waals surface area contributed by atoms with Crippen LogP contribution in [0.5, 0.6) is 0 Å². The van der Waals surface area contributed by atoms with Gasteiger partial charge >= 0.3 is 24.0 Å². The van der Waals surface area contributed by atoms with E-state index in [4.69, 9.17) is 24.7 Å². The second-order valence-electron chi connectivity index (χ2n) is 10.4. The number of carbonyl (C=O) groups excluding carboxylic acids is 4. The Morgan fingerprint density at radius 1 is 1.16 bits per heavy atom. The molecule has 0 aliphatic carbocycles. The highest BCUT2D eigenvalue weighted by atomic mass is 16.7. The van der Waals surface area contributed by atoms with Gasteiger partial charge in [0.2, 0.25) is 12.4 Å². The summed E-state index contributed by atoms with van der Waals surface area (Å²) in [6, 6.07) is 12.6. The van der Waals surface area contributed by atoms with Crippen molar-refractivity contribution in [1.29, 1.82) is 5.26 Å². The number of anilines is 1. The predicted molar refractivity (Wildman–Crippen MR) is 152 cm³/mol. The van der Waals surface area contributed by atoms with E-state index < -0.39 is 67.4 Å². The van der Waals surface area contributed by atoms with Gasteiger partial charge in [0.05, 0.1) is 12.1 Å². The number of fused-ring (bicyclic) bond motifs is 1. The second-order valence-corrected chi connectivity index (χ2v) is 10.4.